The smallest absolute Gasteiger partial charge is 0.274 e. The minimum atomic E-state index is -0.647. The van der Waals surface area contributed by atoms with Crippen LogP contribution in [-0.4, -0.2) is 40.3 Å². The van der Waals surface area contributed by atoms with Gasteiger partial charge in [0.1, 0.15) is 5.69 Å². The molecule has 0 aliphatic rings. The van der Waals surface area contributed by atoms with Crippen LogP contribution in [0.3, 0.4) is 0 Å². The van der Waals surface area contributed by atoms with Gasteiger partial charge >= 0.3 is 0 Å². The zero-order chi connectivity index (χ0) is 22.2. The molecule has 4 heterocycles. The van der Waals surface area contributed by atoms with Gasteiger partial charge in [-0.25, -0.2) is 23.9 Å². The predicted molar refractivity (Wildman–Crippen MR) is 115 cm³/mol. The first-order valence-corrected chi connectivity index (χ1v) is 9.74. The number of nitrogens with zero attached hydrogens (tertiary/aromatic N) is 7. The summed E-state index contributed by atoms with van der Waals surface area (Å²) in [5.74, 6) is -0.370. The van der Waals surface area contributed by atoms with Gasteiger partial charge in [0.15, 0.2) is 23.1 Å². The lowest BCUT2D eigenvalue weighted by molar-refractivity contribution is 0.101. The molecule has 0 saturated carbocycles. The van der Waals surface area contributed by atoms with Crippen LogP contribution in [0, 0.1) is 12.7 Å². The number of halogens is 1. The summed E-state index contributed by atoms with van der Waals surface area (Å²) in [7, 11) is 1.62. The highest BCUT2D eigenvalue weighted by Gasteiger charge is 2.22. The molecule has 1 amide bonds. The van der Waals surface area contributed by atoms with Crippen molar-refractivity contribution >= 4 is 17.2 Å². The Morgan fingerprint density at radius 3 is 2.69 bits per heavy atom. The van der Waals surface area contributed by atoms with Crippen molar-refractivity contribution in [3.8, 4) is 22.8 Å². The Morgan fingerprint density at radius 2 is 1.91 bits per heavy atom. The maximum atomic E-state index is 14.8. The van der Waals surface area contributed by atoms with Gasteiger partial charge in [0.2, 0.25) is 0 Å². The van der Waals surface area contributed by atoms with Crippen LogP contribution in [-0.2, 0) is 7.05 Å². The Kier molecular flexibility index (Phi) is 4.66. The molecule has 0 unspecified atom stereocenters. The van der Waals surface area contributed by atoms with Crippen molar-refractivity contribution in [3.63, 3.8) is 0 Å². The molecule has 5 rings (SSSR count). The van der Waals surface area contributed by atoms with Crippen LogP contribution in [0.4, 0.5) is 10.1 Å². The minimum absolute atomic E-state index is 0.0215. The molecule has 0 bridgehead atoms. The number of rotatable bonds is 4. The van der Waals surface area contributed by atoms with Crippen molar-refractivity contribution in [2.75, 3.05) is 5.32 Å². The molecule has 1 aromatic carbocycles. The summed E-state index contributed by atoms with van der Waals surface area (Å²) in [4.78, 5) is 26.1. The number of aryl methyl sites for hydroxylation is 2. The number of amides is 1. The molecule has 0 fully saturated rings. The minimum Gasteiger partial charge on any atom is -0.318 e. The summed E-state index contributed by atoms with van der Waals surface area (Å²) in [6.45, 7) is 1.83. The lowest BCUT2D eigenvalue weighted by atomic mass is 10.2. The second-order valence-corrected chi connectivity index (χ2v) is 7.15. The summed E-state index contributed by atoms with van der Waals surface area (Å²) in [5, 5.41) is 11.1. The average Bonchev–Trinajstić information content (AvgIpc) is 3.38. The third-order valence-electron chi connectivity index (χ3n) is 4.89. The number of benzene rings is 1. The molecule has 9 nitrogen and oxygen atoms in total. The van der Waals surface area contributed by atoms with Crippen molar-refractivity contribution in [1.82, 2.24) is 34.3 Å². The SMILES string of the molecule is Cc1ccnc(-c2cnn(C)c2C(=O)Nc2cc3nc(-c4ccccc4)nn3cc2F)n1. The first-order valence-electron chi connectivity index (χ1n) is 9.74. The molecule has 5 aromatic rings. The number of hydrogen-bond donors (Lipinski definition) is 1. The monoisotopic (exact) mass is 428 g/mol. The van der Waals surface area contributed by atoms with E-state index in [2.05, 4.69) is 30.5 Å². The summed E-state index contributed by atoms with van der Waals surface area (Å²) in [6.07, 6.45) is 4.29. The molecular weight excluding hydrogens is 411 g/mol. The fourth-order valence-corrected chi connectivity index (χ4v) is 3.34. The van der Waals surface area contributed by atoms with Crippen LogP contribution in [0.2, 0.25) is 0 Å². The van der Waals surface area contributed by atoms with E-state index < -0.39 is 11.7 Å². The number of carbonyl (C=O) groups is 1. The van der Waals surface area contributed by atoms with Crippen LogP contribution in [0.25, 0.3) is 28.4 Å². The van der Waals surface area contributed by atoms with E-state index in [0.717, 1.165) is 11.3 Å². The van der Waals surface area contributed by atoms with Gasteiger partial charge in [0, 0.05) is 30.6 Å². The Bertz CT molecular complexity index is 1460. The number of pyridine rings is 1. The van der Waals surface area contributed by atoms with Crippen molar-refractivity contribution in [1.29, 1.82) is 0 Å². The average molecular weight is 428 g/mol. The zero-order valence-corrected chi connectivity index (χ0v) is 17.2. The number of aromatic nitrogens is 7. The first kappa shape index (κ1) is 19.5. The van der Waals surface area contributed by atoms with Gasteiger partial charge in [-0.2, -0.15) is 5.10 Å². The molecule has 158 valence electrons. The van der Waals surface area contributed by atoms with Gasteiger partial charge in [0.25, 0.3) is 5.91 Å². The third-order valence-corrected chi connectivity index (χ3v) is 4.89. The highest BCUT2D eigenvalue weighted by Crippen LogP contribution is 2.24. The molecule has 0 aliphatic carbocycles. The van der Waals surface area contributed by atoms with Gasteiger partial charge in [-0.05, 0) is 13.0 Å². The van der Waals surface area contributed by atoms with Gasteiger partial charge < -0.3 is 5.32 Å². The van der Waals surface area contributed by atoms with E-state index in [1.807, 2.05) is 37.3 Å². The highest BCUT2D eigenvalue weighted by molar-refractivity contribution is 6.07. The highest BCUT2D eigenvalue weighted by atomic mass is 19.1. The fraction of sp³-hybridized carbons (Fsp3) is 0.0909. The zero-order valence-electron chi connectivity index (χ0n) is 17.2. The largest absolute Gasteiger partial charge is 0.318 e. The second kappa shape index (κ2) is 7.65. The number of anilines is 1. The van der Waals surface area contributed by atoms with E-state index in [9.17, 15) is 9.18 Å². The Labute approximate surface area is 181 Å². The number of carbonyl (C=O) groups excluding carboxylic acids is 1. The molecule has 0 radical (unpaired) electrons. The van der Waals surface area contributed by atoms with E-state index in [1.54, 1.807) is 19.3 Å². The quantitative estimate of drug-likeness (QED) is 0.471. The molecule has 0 spiro atoms. The normalized spacial score (nSPS) is 11.1. The third kappa shape index (κ3) is 3.47. The maximum absolute atomic E-state index is 14.8. The van der Waals surface area contributed by atoms with Crippen molar-refractivity contribution in [2.45, 2.75) is 6.92 Å². The van der Waals surface area contributed by atoms with E-state index in [-0.39, 0.29) is 11.4 Å². The number of fused-ring (bicyclic) bond motifs is 1. The van der Waals surface area contributed by atoms with Gasteiger partial charge in [0.05, 0.1) is 23.6 Å². The molecule has 32 heavy (non-hydrogen) atoms. The van der Waals surface area contributed by atoms with Crippen LogP contribution in [0.1, 0.15) is 16.2 Å². The van der Waals surface area contributed by atoms with E-state index in [4.69, 9.17) is 0 Å². The van der Waals surface area contributed by atoms with Crippen LogP contribution in [0.15, 0.2) is 61.1 Å². The second-order valence-electron chi connectivity index (χ2n) is 7.15. The topological polar surface area (TPSA) is 103 Å². The molecule has 10 heteroatoms. The maximum Gasteiger partial charge on any atom is 0.274 e. The predicted octanol–water partition coefficient (Wildman–Crippen LogP) is 3.29. The van der Waals surface area contributed by atoms with Crippen LogP contribution in [0.5, 0.6) is 0 Å². The molecule has 0 saturated heterocycles. The van der Waals surface area contributed by atoms with Crippen molar-refractivity contribution in [3.05, 3.63) is 78.3 Å². The lowest BCUT2D eigenvalue weighted by Crippen LogP contribution is -2.18. The molecule has 4 aromatic heterocycles. The number of nitrogens with one attached hydrogen (secondary N) is 1. The molecule has 0 atom stereocenters. The van der Waals surface area contributed by atoms with Gasteiger partial charge in [-0.3, -0.25) is 9.48 Å². The van der Waals surface area contributed by atoms with Gasteiger partial charge in [-0.1, -0.05) is 30.3 Å². The van der Waals surface area contributed by atoms with E-state index in [1.165, 1.54) is 27.7 Å². The number of hydrogen-bond acceptors (Lipinski definition) is 6. The van der Waals surface area contributed by atoms with Crippen LogP contribution < -0.4 is 5.32 Å². The Morgan fingerprint density at radius 1 is 1.09 bits per heavy atom. The van der Waals surface area contributed by atoms with Gasteiger partial charge in [-0.15, -0.1) is 5.10 Å². The molecule has 1 N–H and O–H groups in total. The Balaban J connectivity index is 1.49. The molecule has 0 aliphatic heterocycles. The van der Waals surface area contributed by atoms with Crippen molar-refractivity contribution < 1.29 is 9.18 Å². The summed E-state index contributed by atoms with van der Waals surface area (Å²) < 4.78 is 17.5. The van der Waals surface area contributed by atoms with Crippen LogP contribution >= 0.6 is 0 Å². The first-order chi connectivity index (χ1) is 15.5. The summed E-state index contributed by atoms with van der Waals surface area (Å²) >= 11 is 0. The van der Waals surface area contributed by atoms with E-state index in [0.29, 0.717) is 22.9 Å². The fourth-order valence-electron chi connectivity index (χ4n) is 3.34. The summed E-state index contributed by atoms with van der Waals surface area (Å²) in [6, 6.07) is 12.6. The van der Waals surface area contributed by atoms with Crippen molar-refractivity contribution in [2.24, 2.45) is 7.05 Å². The summed E-state index contributed by atoms with van der Waals surface area (Å²) in [5.41, 5.74) is 2.59. The standard InChI is InChI=1S/C22H17FN8O/c1-13-8-9-24-21(26-13)15-11-25-30(2)19(15)22(32)27-17-10-18-28-20(14-6-4-3-5-7-14)29-31(18)12-16(17)23/h3-12H,1-2H3,(H,27,32). The van der Waals surface area contributed by atoms with E-state index >= 15 is 0 Å². The molecular formula is C22H17FN8O. The lowest BCUT2D eigenvalue weighted by Gasteiger charge is -2.09. The Hall–Kier alpha value is -4.47.